The fourth-order valence-corrected chi connectivity index (χ4v) is 5.35. The molecule has 19 heavy (non-hydrogen) atoms. The first kappa shape index (κ1) is 14.9. The molecule has 0 bridgehead atoms. The number of thiophene rings is 1. The van der Waals surface area contributed by atoms with Crippen LogP contribution in [0.25, 0.3) is 0 Å². The van der Waals surface area contributed by atoms with Crippen molar-refractivity contribution in [3.05, 3.63) is 16.5 Å². The fraction of sp³-hybridized carbons (Fsp3) is 0.667. The zero-order chi connectivity index (χ0) is 14.2. The molecular formula is C12H20N2O3S2. The van der Waals surface area contributed by atoms with Gasteiger partial charge in [-0.25, -0.2) is 8.42 Å². The van der Waals surface area contributed by atoms with Crippen molar-refractivity contribution in [2.75, 3.05) is 27.2 Å². The van der Waals surface area contributed by atoms with E-state index in [2.05, 4.69) is 4.90 Å². The largest absolute Gasteiger partial charge is 0.391 e. The number of nitrogens with zero attached hydrogens (tertiary/aromatic N) is 2. The zero-order valence-electron chi connectivity index (χ0n) is 11.5. The first-order chi connectivity index (χ1) is 8.86. The second-order valence-electron chi connectivity index (χ2n) is 5.10. The van der Waals surface area contributed by atoms with E-state index in [1.807, 2.05) is 21.0 Å². The molecule has 0 amide bonds. The summed E-state index contributed by atoms with van der Waals surface area (Å²) >= 11 is 1.17. The standard InChI is InChI=1S/C12H20N2O3S2/c1-9-6-12(18-11(9)8-15)19(16,17)14-5-4-10(7-14)13(2)3/h6,10,15H,4-5,7-8H2,1-3H3. The van der Waals surface area contributed by atoms with Gasteiger partial charge < -0.3 is 10.0 Å². The summed E-state index contributed by atoms with van der Waals surface area (Å²) < 4.78 is 26.9. The van der Waals surface area contributed by atoms with E-state index in [-0.39, 0.29) is 12.6 Å². The number of hydrogen-bond donors (Lipinski definition) is 1. The van der Waals surface area contributed by atoms with Crippen molar-refractivity contribution in [1.82, 2.24) is 9.21 Å². The molecule has 1 aromatic rings. The topological polar surface area (TPSA) is 60.9 Å². The van der Waals surface area contributed by atoms with Gasteiger partial charge in [0.2, 0.25) is 0 Å². The molecule has 2 heterocycles. The summed E-state index contributed by atoms with van der Waals surface area (Å²) in [4.78, 5) is 2.79. The van der Waals surface area contributed by atoms with Crippen LogP contribution in [0, 0.1) is 6.92 Å². The van der Waals surface area contributed by atoms with Crippen molar-refractivity contribution < 1.29 is 13.5 Å². The Labute approximate surface area is 118 Å². The summed E-state index contributed by atoms with van der Waals surface area (Å²) in [6.07, 6.45) is 0.865. The summed E-state index contributed by atoms with van der Waals surface area (Å²) in [5, 5.41) is 9.17. The third kappa shape index (κ3) is 2.85. The maximum Gasteiger partial charge on any atom is 0.252 e. The van der Waals surface area contributed by atoms with E-state index in [0.717, 1.165) is 16.9 Å². The number of hydrogen-bond acceptors (Lipinski definition) is 5. The monoisotopic (exact) mass is 304 g/mol. The van der Waals surface area contributed by atoms with Crippen LogP contribution in [-0.2, 0) is 16.6 Å². The molecule has 0 saturated carbocycles. The molecular weight excluding hydrogens is 284 g/mol. The Hall–Kier alpha value is -0.470. The van der Waals surface area contributed by atoms with Crippen molar-refractivity contribution >= 4 is 21.4 Å². The maximum absolute atomic E-state index is 12.5. The molecule has 1 aliphatic heterocycles. The van der Waals surface area contributed by atoms with E-state index in [0.29, 0.717) is 17.3 Å². The van der Waals surface area contributed by atoms with Crippen LogP contribution in [-0.4, -0.2) is 56.0 Å². The van der Waals surface area contributed by atoms with Gasteiger partial charge in [-0.1, -0.05) is 0 Å². The molecule has 1 atom stereocenters. The fourth-order valence-electron chi connectivity index (χ4n) is 2.25. The molecule has 1 aliphatic rings. The lowest BCUT2D eigenvalue weighted by Crippen LogP contribution is -2.34. The van der Waals surface area contributed by atoms with Crippen LogP contribution in [0.3, 0.4) is 0 Å². The van der Waals surface area contributed by atoms with Crippen molar-refractivity contribution in [1.29, 1.82) is 0 Å². The highest BCUT2D eigenvalue weighted by atomic mass is 32.2. The SMILES string of the molecule is Cc1cc(S(=O)(=O)N2CCC(N(C)C)C2)sc1CO. The Kier molecular flexibility index (Phi) is 4.32. The molecule has 1 aromatic heterocycles. The van der Waals surface area contributed by atoms with Crippen molar-refractivity contribution in [2.24, 2.45) is 0 Å². The molecule has 7 heteroatoms. The Morgan fingerprint density at radius 3 is 2.68 bits per heavy atom. The minimum absolute atomic E-state index is 0.105. The molecule has 5 nitrogen and oxygen atoms in total. The van der Waals surface area contributed by atoms with E-state index < -0.39 is 10.0 Å². The predicted molar refractivity (Wildman–Crippen MR) is 75.8 cm³/mol. The third-order valence-corrected chi connectivity index (χ3v) is 7.13. The molecule has 1 unspecified atom stereocenters. The molecule has 108 valence electrons. The van der Waals surface area contributed by atoms with Crippen molar-refractivity contribution in [3.8, 4) is 0 Å². The Morgan fingerprint density at radius 2 is 2.21 bits per heavy atom. The average Bonchev–Trinajstić information content (AvgIpc) is 2.95. The zero-order valence-corrected chi connectivity index (χ0v) is 13.1. The van der Waals surface area contributed by atoms with Crippen LogP contribution in [0.15, 0.2) is 10.3 Å². The minimum Gasteiger partial charge on any atom is -0.391 e. The van der Waals surface area contributed by atoms with Gasteiger partial charge in [0.1, 0.15) is 4.21 Å². The van der Waals surface area contributed by atoms with Gasteiger partial charge in [-0.3, -0.25) is 0 Å². The van der Waals surface area contributed by atoms with Gasteiger partial charge in [-0.15, -0.1) is 11.3 Å². The lowest BCUT2D eigenvalue weighted by Gasteiger charge is -2.19. The summed E-state index contributed by atoms with van der Waals surface area (Å²) in [5.74, 6) is 0. The summed E-state index contributed by atoms with van der Waals surface area (Å²) in [6, 6.07) is 1.95. The van der Waals surface area contributed by atoms with Gasteiger partial charge >= 0.3 is 0 Å². The third-order valence-electron chi connectivity index (χ3n) is 3.59. The quantitative estimate of drug-likeness (QED) is 0.897. The predicted octanol–water partition coefficient (Wildman–Crippen LogP) is 0.873. The lowest BCUT2D eigenvalue weighted by molar-refractivity contribution is 0.285. The first-order valence-corrected chi connectivity index (χ1v) is 8.48. The Morgan fingerprint density at radius 1 is 1.53 bits per heavy atom. The Balaban J connectivity index is 2.23. The second kappa shape index (κ2) is 5.49. The number of aliphatic hydroxyl groups is 1. The van der Waals surface area contributed by atoms with E-state index in [1.54, 1.807) is 10.4 Å². The summed E-state index contributed by atoms with van der Waals surface area (Å²) in [5.41, 5.74) is 0.842. The van der Waals surface area contributed by atoms with E-state index in [4.69, 9.17) is 0 Å². The van der Waals surface area contributed by atoms with Gasteiger partial charge in [-0.2, -0.15) is 4.31 Å². The smallest absolute Gasteiger partial charge is 0.252 e. The molecule has 1 fully saturated rings. The van der Waals surface area contributed by atoms with Crippen molar-refractivity contribution in [3.63, 3.8) is 0 Å². The molecule has 0 aliphatic carbocycles. The average molecular weight is 304 g/mol. The normalized spacial score (nSPS) is 21.4. The molecule has 1 N–H and O–H groups in total. The van der Waals surface area contributed by atoms with Crippen molar-refractivity contribution in [2.45, 2.75) is 30.2 Å². The van der Waals surface area contributed by atoms with Crippen LogP contribution in [0.5, 0.6) is 0 Å². The molecule has 0 radical (unpaired) electrons. The molecule has 1 saturated heterocycles. The van der Waals surface area contributed by atoms with Crippen LogP contribution >= 0.6 is 11.3 Å². The second-order valence-corrected chi connectivity index (χ2v) is 8.40. The lowest BCUT2D eigenvalue weighted by atomic mass is 10.2. The van der Waals surface area contributed by atoms with Crippen LogP contribution in [0.4, 0.5) is 0 Å². The first-order valence-electron chi connectivity index (χ1n) is 6.23. The Bertz CT molecular complexity index is 551. The van der Waals surface area contributed by atoms with Gasteiger partial charge in [0, 0.05) is 24.0 Å². The summed E-state index contributed by atoms with van der Waals surface area (Å²) in [7, 11) is 0.542. The number of likely N-dealkylation sites (N-methyl/N-ethyl adjacent to an activating group) is 1. The highest BCUT2D eigenvalue weighted by Gasteiger charge is 2.34. The minimum atomic E-state index is -3.40. The molecule has 2 rings (SSSR count). The van der Waals surface area contributed by atoms with Gasteiger partial charge in [0.15, 0.2) is 0 Å². The van der Waals surface area contributed by atoms with Gasteiger partial charge in [-0.05, 0) is 39.1 Å². The highest BCUT2D eigenvalue weighted by Crippen LogP contribution is 2.30. The molecule has 0 aromatic carbocycles. The summed E-state index contributed by atoms with van der Waals surface area (Å²) in [6.45, 7) is 2.83. The van der Waals surface area contributed by atoms with Gasteiger partial charge in [0.05, 0.1) is 6.61 Å². The number of aliphatic hydroxyl groups excluding tert-OH is 1. The van der Waals surface area contributed by atoms with E-state index in [1.165, 1.54) is 11.3 Å². The van der Waals surface area contributed by atoms with Crippen LogP contribution in [0.1, 0.15) is 16.9 Å². The van der Waals surface area contributed by atoms with Crippen LogP contribution < -0.4 is 0 Å². The van der Waals surface area contributed by atoms with Crippen LogP contribution in [0.2, 0.25) is 0 Å². The number of sulfonamides is 1. The van der Waals surface area contributed by atoms with E-state index in [9.17, 15) is 13.5 Å². The maximum atomic E-state index is 12.5. The number of rotatable bonds is 4. The highest BCUT2D eigenvalue weighted by molar-refractivity contribution is 7.91. The van der Waals surface area contributed by atoms with E-state index >= 15 is 0 Å². The van der Waals surface area contributed by atoms with Gasteiger partial charge in [0.25, 0.3) is 10.0 Å². The number of aryl methyl sites for hydroxylation is 1. The molecule has 0 spiro atoms.